The highest BCUT2D eigenvalue weighted by Crippen LogP contribution is 2.39. The molecular formula is C35H42N6O6. The lowest BCUT2D eigenvalue weighted by Crippen LogP contribution is -2.34. The van der Waals surface area contributed by atoms with Crippen LogP contribution in [0.5, 0.6) is 0 Å². The highest BCUT2D eigenvalue weighted by molar-refractivity contribution is 5.88. The number of nitrogens with zero attached hydrogens (tertiary/aromatic N) is 4. The van der Waals surface area contributed by atoms with E-state index in [-0.39, 0.29) is 34.9 Å². The second-order valence-corrected chi connectivity index (χ2v) is 13.9. The summed E-state index contributed by atoms with van der Waals surface area (Å²) in [6, 6.07) is 12.2. The van der Waals surface area contributed by atoms with E-state index in [0.717, 1.165) is 24.0 Å². The van der Waals surface area contributed by atoms with Crippen LogP contribution in [0.2, 0.25) is 0 Å². The van der Waals surface area contributed by atoms with Crippen molar-refractivity contribution in [1.82, 2.24) is 25.0 Å². The number of pyridine rings is 1. The molecule has 3 heterocycles. The predicted octanol–water partition coefficient (Wildman–Crippen LogP) is 7.53. The Kier molecular flexibility index (Phi) is 9.24. The molecule has 47 heavy (non-hydrogen) atoms. The average Bonchev–Trinajstić information content (AvgIpc) is 3.71. The van der Waals surface area contributed by atoms with Crippen molar-refractivity contribution in [3.8, 4) is 34.0 Å². The first-order valence-electron chi connectivity index (χ1n) is 15.7. The molecule has 1 saturated carbocycles. The molecule has 0 spiro atoms. The van der Waals surface area contributed by atoms with Crippen LogP contribution >= 0.6 is 0 Å². The minimum Gasteiger partial charge on any atom is -0.444 e. The maximum atomic E-state index is 12.8. The van der Waals surface area contributed by atoms with Crippen molar-refractivity contribution in [1.29, 1.82) is 0 Å². The first-order valence-corrected chi connectivity index (χ1v) is 15.7. The smallest absolute Gasteiger partial charge is 0.413 e. The van der Waals surface area contributed by atoms with Crippen LogP contribution in [0.25, 0.3) is 34.0 Å². The third-order valence-electron chi connectivity index (χ3n) is 7.53. The van der Waals surface area contributed by atoms with Gasteiger partial charge in [0.1, 0.15) is 16.9 Å². The highest BCUT2D eigenvalue weighted by Gasteiger charge is 2.30. The van der Waals surface area contributed by atoms with Gasteiger partial charge in [-0.25, -0.2) is 19.6 Å². The van der Waals surface area contributed by atoms with Crippen molar-refractivity contribution in [3.63, 3.8) is 0 Å². The minimum absolute atomic E-state index is 0.0673. The number of amides is 2. The molecule has 2 unspecified atom stereocenters. The van der Waals surface area contributed by atoms with Crippen LogP contribution < -0.4 is 16.2 Å². The molecule has 4 aromatic rings. The van der Waals surface area contributed by atoms with Crippen LogP contribution in [0.15, 0.2) is 64.2 Å². The summed E-state index contributed by atoms with van der Waals surface area (Å²) in [5.74, 6) is 0.854. The lowest BCUT2D eigenvalue weighted by atomic mass is 10.0. The Balaban J connectivity index is 1.48. The number of anilines is 1. The molecule has 1 fully saturated rings. The van der Waals surface area contributed by atoms with E-state index < -0.39 is 23.4 Å². The molecule has 12 nitrogen and oxygen atoms in total. The summed E-state index contributed by atoms with van der Waals surface area (Å²) < 4.78 is 18.4. The second-order valence-electron chi connectivity index (χ2n) is 13.9. The Morgan fingerprint density at radius 2 is 1.64 bits per heavy atom. The van der Waals surface area contributed by atoms with Crippen molar-refractivity contribution < 1.29 is 23.6 Å². The van der Waals surface area contributed by atoms with Gasteiger partial charge < -0.3 is 23.9 Å². The second kappa shape index (κ2) is 13.0. The monoisotopic (exact) mass is 642 g/mol. The molecule has 0 aliphatic heterocycles. The average molecular weight is 643 g/mol. The predicted molar refractivity (Wildman–Crippen MR) is 178 cm³/mol. The number of carbonyl (C=O) groups excluding carboxylic acids is 2. The standard InChI is InChI=1S/C35H42N6O6/c1-20(37-32(43)45-34(3,4)5)23-10-9-11-24(16-23)26-17-28(47-40-26)30-31(39-33(44)46-35(6,7)8)36-18-27(38-30)25-14-15-29(42)41(19-25)21(2)22-12-13-22/h9-11,14-22H,12-13H2,1-8H3,(H,37,43)(H,36,39,44). The summed E-state index contributed by atoms with van der Waals surface area (Å²) in [6.07, 6.45) is 4.31. The molecule has 1 aliphatic carbocycles. The normalized spacial score (nSPS) is 14.6. The van der Waals surface area contributed by atoms with Crippen LogP contribution in [-0.4, -0.2) is 43.1 Å². The van der Waals surface area contributed by atoms with Gasteiger partial charge >= 0.3 is 12.2 Å². The Hall–Kier alpha value is -5.00. The molecule has 0 bridgehead atoms. The van der Waals surface area contributed by atoms with E-state index in [1.165, 1.54) is 12.3 Å². The molecule has 2 amide bonds. The zero-order valence-electron chi connectivity index (χ0n) is 28.1. The Labute approximate surface area is 273 Å². The van der Waals surface area contributed by atoms with E-state index in [1.54, 1.807) is 43.7 Å². The van der Waals surface area contributed by atoms with Crippen molar-refractivity contribution in [2.24, 2.45) is 5.92 Å². The molecule has 5 rings (SSSR count). The van der Waals surface area contributed by atoms with E-state index in [1.807, 2.05) is 58.9 Å². The molecule has 1 aliphatic rings. The summed E-state index contributed by atoms with van der Waals surface area (Å²) in [5, 5.41) is 9.82. The van der Waals surface area contributed by atoms with Crippen molar-refractivity contribution in [3.05, 3.63) is 70.8 Å². The summed E-state index contributed by atoms with van der Waals surface area (Å²) in [7, 11) is 0. The number of aromatic nitrogens is 4. The van der Waals surface area contributed by atoms with Gasteiger partial charge in [-0.3, -0.25) is 10.1 Å². The quantitative estimate of drug-likeness (QED) is 0.199. The SMILES string of the molecule is CC(NC(=O)OC(C)(C)C)c1cccc(-c2cc(-c3nc(-c4ccc(=O)n(C(C)C5CC5)c4)cnc3NC(=O)OC(C)(C)C)on2)c1. The van der Waals surface area contributed by atoms with Gasteiger partial charge in [0.25, 0.3) is 5.56 Å². The number of benzene rings is 1. The molecular weight excluding hydrogens is 600 g/mol. The zero-order chi connectivity index (χ0) is 34.1. The number of hydrogen-bond acceptors (Lipinski definition) is 9. The number of hydrogen-bond donors (Lipinski definition) is 2. The maximum Gasteiger partial charge on any atom is 0.413 e. The lowest BCUT2D eigenvalue weighted by Gasteiger charge is -2.22. The van der Waals surface area contributed by atoms with Crippen LogP contribution in [0.3, 0.4) is 0 Å². The molecule has 3 aromatic heterocycles. The van der Waals surface area contributed by atoms with Gasteiger partial charge in [0, 0.05) is 35.5 Å². The number of carbonyl (C=O) groups is 2. The Morgan fingerprint density at radius 3 is 2.32 bits per heavy atom. The maximum absolute atomic E-state index is 12.8. The van der Waals surface area contributed by atoms with E-state index in [2.05, 4.69) is 20.8 Å². The van der Waals surface area contributed by atoms with Crippen molar-refractivity contribution in [2.45, 2.75) is 91.5 Å². The third-order valence-corrected chi connectivity index (χ3v) is 7.53. The van der Waals surface area contributed by atoms with E-state index >= 15 is 0 Å². The summed E-state index contributed by atoms with van der Waals surface area (Å²) in [4.78, 5) is 47.1. The van der Waals surface area contributed by atoms with Crippen LogP contribution in [0.1, 0.15) is 85.9 Å². The van der Waals surface area contributed by atoms with Gasteiger partial charge in [-0.05, 0) is 91.8 Å². The summed E-state index contributed by atoms with van der Waals surface area (Å²) >= 11 is 0. The van der Waals surface area contributed by atoms with Gasteiger partial charge in [-0.2, -0.15) is 0 Å². The fourth-order valence-electron chi connectivity index (χ4n) is 5.03. The summed E-state index contributed by atoms with van der Waals surface area (Å²) in [5.41, 5.74) is 2.05. The zero-order valence-corrected chi connectivity index (χ0v) is 28.1. The van der Waals surface area contributed by atoms with E-state index in [4.69, 9.17) is 19.0 Å². The van der Waals surface area contributed by atoms with Crippen LogP contribution in [0, 0.1) is 5.92 Å². The topological polar surface area (TPSA) is 150 Å². The fourth-order valence-corrected chi connectivity index (χ4v) is 5.03. The van der Waals surface area contributed by atoms with Gasteiger partial charge in [0.2, 0.25) is 0 Å². The third kappa shape index (κ3) is 8.63. The van der Waals surface area contributed by atoms with Gasteiger partial charge in [-0.15, -0.1) is 0 Å². The van der Waals surface area contributed by atoms with Gasteiger partial charge in [0.15, 0.2) is 17.3 Å². The Morgan fingerprint density at radius 1 is 0.936 bits per heavy atom. The van der Waals surface area contributed by atoms with Gasteiger partial charge in [-0.1, -0.05) is 23.4 Å². The molecule has 2 N–H and O–H groups in total. The number of rotatable bonds is 8. The fraction of sp³-hybridized carbons (Fsp3) is 0.429. The molecule has 1 aromatic carbocycles. The molecule has 12 heteroatoms. The summed E-state index contributed by atoms with van der Waals surface area (Å²) in [6.45, 7) is 14.6. The lowest BCUT2D eigenvalue weighted by molar-refractivity contribution is 0.0507. The minimum atomic E-state index is -0.733. The molecule has 2 atom stereocenters. The van der Waals surface area contributed by atoms with E-state index in [9.17, 15) is 14.4 Å². The van der Waals surface area contributed by atoms with Crippen molar-refractivity contribution in [2.75, 3.05) is 5.32 Å². The number of alkyl carbamates (subject to hydrolysis) is 1. The molecule has 0 radical (unpaired) electrons. The van der Waals surface area contributed by atoms with E-state index in [0.29, 0.717) is 22.9 Å². The van der Waals surface area contributed by atoms with Crippen molar-refractivity contribution >= 4 is 18.0 Å². The highest BCUT2D eigenvalue weighted by atomic mass is 16.6. The van der Waals surface area contributed by atoms with Crippen LogP contribution in [0.4, 0.5) is 15.4 Å². The Bertz CT molecular complexity index is 1830. The molecule has 248 valence electrons. The van der Waals surface area contributed by atoms with Crippen LogP contribution in [-0.2, 0) is 9.47 Å². The van der Waals surface area contributed by atoms with Gasteiger partial charge in [0.05, 0.1) is 17.9 Å². The largest absolute Gasteiger partial charge is 0.444 e. The number of ether oxygens (including phenoxy) is 2. The first kappa shape index (κ1) is 33.4. The number of nitrogens with one attached hydrogen (secondary N) is 2. The molecule has 0 saturated heterocycles. The first-order chi connectivity index (χ1) is 22.1.